The van der Waals surface area contributed by atoms with Crippen molar-refractivity contribution < 1.29 is 14.6 Å². The zero-order valence-corrected chi connectivity index (χ0v) is 12.3. The van der Waals surface area contributed by atoms with E-state index in [0.29, 0.717) is 0 Å². The van der Waals surface area contributed by atoms with Gasteiger partial charge in [-0.05, 0) is 55.3 Å². The summed E-state index contributed by atoms with van der Waals surface area (Å²) in [5, 5.41) is 12.1. The molecule has 20 heavy (non-hydrogen) atoms. The molecule has 0 saturated heterocycles. The maximum atomic E-state index is 9.93. The van der Waals surface area contributed by atoms with Gasteiger partial charge in [0.25, 0.3) is 5.95 Å². The first-order chi connectivity index (χ1) is 9.51. The van der Waals surface area contributed by atoms with Gasteiger partial charge in [0.05, 0.1) is 13.2 Å². The Bertz CT molecular complexity index is 642. The number of aliphatic hydroxyl groups is 1. The number of hydrogen-bond donors (Lipinski definition) is 1. The first-order valence-electron chi connectivity index (χ1n) is 6.66. The highest BCUT2D eigenvalue weighted by Gasteiger charge is 2.08. The van der Waals surface area contributed by atoms with Gasteiger partial charge in [-0.15, -0.1) is 0 Å². The summed E-state index contributed by atoms with van der Waals surface area (Å²) < 4.78 is 10.5. The molecule has 0 aliphatic carbocycles. The van der Waals surface area contributed by atoms with Crippen molar-refractivity contribution in [2.24, 2.45) is 0 Å². The number of aliphatic hydroxyl groups excluding tert-OH is 1. The summed E-state index contributed by atoms with van der Waals surface area (Å²) in [6.07, 6.45) is -0.0466. The average molecular weight is 272 g/mol. The van der Waals surface area contributed by atoms with Gasteiger partial charge in [0.1, 0.15) is 5.75 Å². The molecule has 0 aliphatic rings. The molecule has 0 aliphatic heterocycles. The summed E-state index contributed by atoms with van der Waals surface area (Å²) in [5.74, 6) is 0.816. The molecule has 0 radical (unpaired) electrons. The number of rotatable bonds is 4. The number of ether oxygens (including phenoxy) is 2. The lowest BCUT2D eigenvalue weighted by Gasteiger charge is -2.12. The van der Waals surface area contributed by atoms with Crippen LogP contribution < -0.4 is 4.74 Å². The molecule has 1 N–H and O–H groups in total. The highest BCUT2D eigenvalue weighted by atomic mass is 16.6. The van der Waals surface area contributed by atoms with Crippen LogP contribution in [-0.2, 0) is 4.74 Å². The number of hydrogen-bond acceptors (Lipinski definition) is 3. The topological polar surface area (TPSA) is 38.7 Å². The minimum absolute atomic E-state index is 0.0205. The normalized spacial score (nSPS) is 12.4. The van der Waals surface area contributed by atoms with Gasteiger partial charge < -0.3 is 14.6 Å². The van der Waals surface area contributed by atoms with Crippen LogP contribution in [0.5, 0.6) is 5.75 Å². The third-order valence-electron chi connectivity index (χ3n) is 3.15. The maximum Gasteiger partial charge on any atom is 0.280 e. The fourth-order valence-corrected chi connectivity index (χ4v) is 2.02. The smallest absolute Gasteiger partial charge is 0.280 e. The summed E-state index contributed by atoms with van der Waals surface area (Å²) in [6, 6.07) is 11.9. The number of allylic oxidation sites excluding steroid dienone is 1. The third-order valence-corrected chi connectivity index (χ3v) is 3.15. The second-order valence-corrected chi connectivity index (χ2v) is 5.02. The zero-order chi connectivity index (χ0) is 14.7. The second kappa shape index (κ2) is 5.87. The van der Waals surface area contributed by atoms with Gasteiger partial charge in [-0.3, -0.25) is 0 Å². The Labute approximate surface area is 119 Å². The van der Waals surface area contributed by atoms with Crippen LogP contribution in [0, 0.1) is 0 Å². The van der Waals surface area contributed by atoms with Crippen LogP contribution in [0.25, 0.3) is 16.3 Å². The van der Waals surface area contributed by atoms with Crippen LogP contribution in [0.15, 0.2) is 42.3 Å². The van der Waals surface area contributed by atoms with E-state index >= 15 is 0 Å². The Morgan fingerprint density at radius 1 is 1.05 bits per heavy atom. The summed E-state index contributed by atoms with van der Waals surface area (Å²) in [7, 11) is 1.66. The highest BCUT2D eigenvalue weighted by Crippen LogP contribution is 2.26. The molecule has 0 saturated carbocycles. The van der Waals surface area contributed by atoms with Gasteiger partial charge in [0.15, 0.2) is 0 Å². The van der Waals surface area contributed by atoms with Crippen molar-refractivity contribution in [1.29, 1.82) is 0 Å². The van der Waals surface area contributed by atoms with Crippen molar-refractivity contribution in [2.75, 3.05) is 7.11 Å². The lowest BCUT2D eigenvalue weighted by molar-refractivity contribution is 0.0541. The molecule has 0 unspecified atom stereocenters. The van der Waals surface area contributed by atoms with E-state index in [0.717, 1.165) is 27.7 Å². The van der Waals surface area contributed by atoms with Crippen LogP contribution in [0.2, 0.25) is 0 Å². The Balaban J connectivity index is 2.41. The van der Waals surface area contributed by atoms with Crippen molar-refractivity contribution in [2.45, 2.75) is 26.9 Å². The van der Waals surface area contributed by atoms with Crippen molar-refractivity contribution in [3.8, 4) is 5.75 Å². The average Bonchev–Trinajstić information content (AvgIpc) is 2.44. The molecule has 3 heteroatoms. The van der Waals surface area contributed by atoms with Gasteiger partial charge in [0, 0.05) is 5.57 Å². The molecule has 3 nitrogen and oxygen atoms in total. The lowest BCUT2D eigenvalue weighted by atomic mass is 10.0. The van der Waals surface area contributed by atoms with E-state index < -0.39 is 0 Å². The highest BCUT2D eigenvalue weighted by molar-refractivity contribution is 5.87. The standard InChI is InChI=1S/C17H20O3/c1-11(2)20-17(18)12(3)13-5-6-15-10-16(19-4)8-7-14(15)9-13/h5-11,18H,1-4H3/b17-12-. The first kappa shape index (κ1) is 14.3. The quantitative estimate of drug-likeness (QED) is 0.832. The van der Waals surface area contributed by atoms with E-state index in [1.54, 1.807) is 7.11 Å². The molecule has 2 rings (SSSR count). The van der Waals surface area contributed by atoms with E-state index in [4.69, 9.17) is 9.47 Å². The van der Waals surface area contributed by atoms with Crippen molar-refractivity contribution in [3.63, 3.8) is 0 Å². The second-order valence-electron chi connectivity index (χ2n) is 5.02. The molecule has 0 heterocycles. The minimum atomic E-state index is -0.0466. The fraction of sp³-hybridized carbons (Fsp3) is 0.294. The van der Waals surface area contributed by atoms with E-state index in [1.807, 2.05) is 57.2 Å². The molecular formula is C17H20O3. The van der Waals surface area contributed by atoms with Crippen molar-refractivity contribution in [1.82, 2.24) is 0 Å². The Hall–Kier alpha value is -2.16. The summed E-state index contributed by atoms with van der Waals surface area (Å²) in [4.78, 5) is 0. The number of methoxy groups -OCH3 is 1. The monoisotopic (exact) mass is 272 g/mol. The van der Waals surface area contributed by atoms with Crippen LogP contribution in [-0.4, -0.2) is 18.3 Å². The zero-order valence-electron chi connectivity index (χ0n) is 12.3. The molecule has 106 valence electrons. The van der Waals surface area contributed by atoms with Gasteiger partial charge in [-0.25, -0.2) is 0 Å². The Morgan fingerprint density at radius 2 is 1.70 bits per heavy atom. The Kier molecular flexibility index (Phi) is 4.18. The molecule has 0 atom stereocenters. The maximum absolute atomic E-state index is 9.93. The fourth-order valence-electron chi connectivity index (χ4n) is 2.02. The predicted octanol–water partition coefficient (Wildman–Crippen LogP) is 4.52. The molecule has 2 aromatic carbocycles. The van der Waals surface area contributed by atoms with E-state index in [1.165, 1.54) is 0 Å². The minimum Gasteiger partial charge on any atom is -0.497 e. The molecule has 2 aromatic rings. The molecular weight excluding hydrogens is 252 g/mol. The third kappa shape index (κ3) is 3.05. The first-order valence-corrected chi connectivity index (χ1v) is 6.66. The van der Waals surface area contributed by atoms with Crippen LogP contribution in [0.4, 0.5) is 0 Å². The predicted molar refractivity (Wildman–Crippen MR) is 81.9 cm³/mol. The van der Waals surface area contributed by atoms with E-state index in [2.05, 4.69) is 0 Å². The summed E-state index contributed by atoms with van der Waals surface area (Å²) in [5.41, 5.74) is 1.68. The summed E-state index contributed by atoms with van der Waals surface area (Å²) in [6.45, 7) is 5.62. The van der Waals surface area contributed by atoms with E-state index in [-0.39, 0.29) is 12.0 Å². The van der Waals surface area contributed by atoms with Gasteiger partial charge >= 0.3 is 0 Å². The molecule has 0 bridgehead atoms. The van der Waals surface area contributed by atoms with Crippen LogP contribution >= 0.6 is 0 Å². The van der Waals surface area contributed by atoms with Crippen LogP contribution in [0.3, 0.4) is 0 Å². The van der Waals surface area contributed by atoms with Crippen molar-refractivity contribution in [3.05, 3.63) is 47.9 Å². The van der Waals surface area contributed by atoms with Gasteiger partial charge in [-0.2, -0.15) is 0 Å². The van der Waals surface area contributed by atoms with Gasteiger partial charge in [0.2, 0.25) is 0 Å². The SMILES string of the molecule is COc1ccc2cc(/C(C)=C(/O)OC(C)C)ccc2c1. The molecule has 0 amide bonds. The lowest BCUT2D eigenvalue weighted by Crippen LogP contribution is -2.03. The van der Waals surface area contributed by atoms with Crippen molar-refractivity contribution >= 4 is 16.3 Å². The van der Waals surface area contributed by atoms with Crippen LogP contribution in [0.1, 0.15) is 26.3 Å². The van der Waals surface area contributed by atoms with Gasteiger partial charge in [-0.1, -0.05) is 18.2 Å². The molecule has 0 spiro atoms. The summed E-state index contributed by atoms with van der Waals surface area (Å²) >= 11 is 0. The number of fused-ring (bicyclic) bond motifs is 1. The van der Waals surface area contributed by atoms with E-state index in [9.17, 15) is 5.11 Å². The largest absolute Gasteiger partial charge is 0.497 e. The molecule has 0 fully saturated rings. The Morgan fingerprint density at radius 3 is 2.35 bits per heavy atom. The molecule has 0 aromatic heterocycles. The number of benzene rings is 2.